The second-order valence-corrected chi connectivity index (χ2v) is 5.84. The fourth-order valence-electron chi connectivity index (χ4n) is 2.00. The van der Waals surface area contributed by atoms with Gasteiger partial charge in [-0.2, -0.15) is 0 Å². The first-order valence-corrected chi connectivity index (χ1v) is 7.32. The average Bonchev–Trinajstić information content (AvgIpc) is 3.16. The summed E-state index contributed by atoms with van der Waals surface area (Å²) >= 11 is 1.49. The van der Waals surface area contributed by atoms with Gasteiger partial charge >= 0.3 is 0 Å². The van der Waals surface area contributed by atoms with E-state index in [1.54, 1.807) is 18.7 Å². The zero-order valence-corrected chi connectivity index (χ0v) is 12.3. The van der Waals surface area contributed by atoms with Crippen molar-refractivity contribution in [3.63, 3.8) is 0 Å². The van der Waals surface area contributed by atoms with Gasteiger partial charge in [0.25, 0.3) is 5.91 Å². The standard InChI is InChI=1S/C15H14N4OS/c1-11-4-5-13(21-11)15(20)18-9-12-3-2-6-17-14(12)19-8-7-16-10-19/h2-8,10H,9H2,1H3,(H,18,20). The van der Waals surface area contributed by atoms with Gasteiger partial charge in [0.1, 0.15) is 12.1 Å². The Hall–Kier alpha value is -2.47. The molecule has 0 saturated carbocycles. The highest BCUT2D eigenvalue weighted by molar-refractivity contribution is 7.13. The van der Waals surface area contributed by atoms with Crippen LogP contribution in [0.15, 0.2) is 49.2 Å². The molecule has 3 rings (SSSR count). The van der Waals surface area contributed by atoms with E-state index in [1.165, 1.54) is 11.3 Å². The summed E-state index contributed by atoms with van der Waals surface area (Å²) in [6, 6.07) is 7.59. The second kappa shape index (κ2) is 5.88. The Morgan fingerprint density at radius 1 is 1.33 bits per heavy atom. The van der Waals surface area contributed by atoms with Crippen molar-refractivity contribution in [1.29, 1.82) is 0 Å². The van der Waals surface area contributed by atoms with Crippen molar-refractivity contribution < 1.29 is 4.79 Å². The van der Waals surface area contributed by atoms with Crippen molar-refractivity contribution in [2.75, 3.05) is 0 Å². The molecule has 1 N–H and O–H groups in total. The number of aromatic nitrogens is 3. The summed E-state index contributed by atoms with van der Waals surface area (Å²) < 4.78 is 1.83. The van der Waals surface area contributed by atoms with Gasteiger partial charge < -0.3 is 5.32 Å². The number of carbonyl (C=O) groups is 1. The Morgan fingerprint density at radius 3 is 2.95 bits per heavy atom. The van der Waals surface area contributed by atoms with Gasteiger partial charge in [-0.25, -0.2) is 9.97 Å². The molecule has 0 saturated heterocycles. The molecule has 3 aromatic rings. The first-order valence-electron chi connectivity index (χ1n) is 6.51. The first kappa shape index (κ1) is 13.5. The van der Waals surface area contributed by atoms with Gasteiger partial charge in [0.15, 0.2) is 0 Å². The van der Waals surface area contributed by atoms with E-state index < -0.39 is 0 Å². The van der Waals surface area contributed by atoms with Crippen LogP contribution in [0.5, 0.6) is 0 Å². The number of carbonyl (C=O) groups excluding carboxylic acids is 1. The van der Waals surface area contributed by atoms with E-state index in [4.69, 9.17) is 0 Å². The Balaban J connectivity index is 1.75. The predicted octanol–water partition coefficient (Wildman–Crippen LogP) is 2.57. The molecule has 0 unspecified atom stereocenters. The smallest absolute Gasteiger partial charge is 0.261 e. The third kappa shape index (κ3) is 3.00. The van der Waals surface area contributed by atoms with Crippen LogP contribution in [0.1, 0.15) is 20.1 Å². The molecule has 0 aromatic carbocycles. The van der Waals surface area contributed by atoms with Gasteiger partial charge in [-0.15, -0.1) is 11.3 Å². The highest BCUT2D eigenvalue weighted by Crippen LogP contribution is 2.15. The lowest BCUT2D eigenvalue weighted by molar-refractivity contribution is 0.0955. The number of pyridine rings is 1. The van der Waals surface area contributed by atoms with E-state index in [2.05, 4.69) is 15.3 Å². The van der Waals surface area contributed by atoms with Crippen LogP contribution in [-0.4, -0.2) is 20.4 Å². The van der Waals surface area contributed by atoms with Crippen LogP contribution in [0.4, 0.5) is 0 Å². The molecule has 0 aliphatic heterocycles. The van der Waals surface area contributed by atoms with Gasteiger partial charge in [-0.1, -0.05) is 6.07 Å². The maximum absolute atomic E-state index is 12.1. The second-order valence-electron chi connectivity index (χ2n) is 4.55. The van der Waals surface area contributed by atoms with E-state index in [9.17, 15) is 4.79 Å². The molecule has 1 amide bonds. The molecule has 6 heteroatoms. The number of nitrogens with one attached hydrogen (secondary N) is 1. The van der Waals surface area contributed by atoms with E-state index in [1.807, 2.05) is 42.0 Å². The molecule has 0 bridgehead atoms. The predicted molar refractivity (Wildman–Crippen MR) is 81.6 cm³/mol. The molecular formula is C15H14N4OS. The minimum Gasteiger partial charge on any atom is -0.347 e. The molecule has 0 radical (unpaired) electrons. The fraction of sp³-hybridized carbons (Fsp3) is 0.133. The Labute approximate surface area is 126 Å². The van der Waals surface area contributed by atoms with Gasteiger partial charge in [0, 0.05) is 35.6 Å². The summed E-state index contributed by atoms with van der Waals surface area (Å²) in [6.45, 7) is 2.41. The number of nitrogens with zero attached hydrogens (tertiary/aromatic N) is 3. The molecule has 5 nitrogen and oxygen atoms in total. The van der Waals surface area contributed by atoms with Gasteiger partial charge in [0.2, 0.25) is 0 Å². The Morgan fingerprint density at radius 2 is 2.24 bits per heavy atom. The molecule has 0 fully saturated rings. The van der Waals surface area contributed by atoms with Crippen LogP contribution in [-0.2, 0) is 6.54 Å². The SMILES string of the molecule is Cc1ccc(C(=O)NCc2cccnc2-n2ccnc2)s1. The number of rotatable bonds is 4. The number of thiophene rings is 1. The summed E-state index contributed by atoms with van der Waals surface area (Å²) in [5.74, 6) is 0.714. The largest absolute Gasteiger partial charge is 0.347 e. The van der Waals surface area contributed by atoms with Crippen molar-refractivity contribution in [2.45, 2.75) is 13.5 Å². The van der Waals surface area contributed by atoms with Gasteiger partial charge in [-0.05, 0) is 25.1 Å². The molecule has 0 aliphatic rings. The maximum atomic E-state index is 12.1. The van der Waals surface area contributed by atoms with E-state index in [-0.39, 0.29) is 5.91 Å². The third-order valence-corrected chi connectivity index (χ3v) is 4.02. The minimum absolute atomic E-state index is 0.0615. The van der Waals surface area contributed by atoms with Crippen LogP contribution in [0.3, 0.4) is 0 Å². The zero-order chi connectivity index (χ0) is 14.7. The number of amides is 1. The lowest BCUT2D eigenvalue weighted by Crippen LogP contribution is -2.22. The van der Waals surface area contributed by atoms with Crippen molar-refractivity contribution >= 4 is 17.2 Å². The van der Waals surface area contributed by atoms with Crippen molar-refractivity contribution in [3.8, 4) is 5.82 Å². The lowest BCUT2D eigenvalue weighted by Gasteiger charge is -2.09. The monoisotopic (exact) mass is 298 g/mol. The summed E-state index contributed by atoms with van der Waals surface area (Å²) in [7, 11) is 0. The first-order chi connectivity index (χ1) is 10.2. The van der Waals surface area contributed by atoms with E-state index in [0.29, 0.717) is 6.54 Å². The normalized spacial score (nSPS) is 10.5. The molecular weight excluding hydrogens is 284 g/mol. The zero-order valence-electron chi connectivity index (χ0n) is 11.5. The van der Waals surface area contributed by atoms with Crippen LogP contribution in [0, 0.1) is 6.92 Å². The molecule has 3 heterocycles. The molecule has 3 aromatic heterocycles. The molecule has 21 heavy (non-hydrogen) atoms. The summed E-state index contributed by atoms with van der Waals surface area (Å²) in [4.78, 5) is 22.3. The van der Waals surface area contributed by atoms with E-state index in [0.717, 1.165) is 21.1 Å². The highest BCUT2D eigenvalue weighted by atomic mass is 32.1. The average molecular weight is 298 g/mol. The van der Waals surface area contributed by atoms with E-state index >= 15 is 0 Å². The molecule has 0 atom stereocenters. The highest BCUT2D eigenvalue weighted by Gasteiger charge is 2.10. The summed E-state index contributed by atoms with van der Waals surface area (Å²) in [5.41, 5.74) is 0.942. The third-order valence-electron chi connectivity index (χ3n) is 3.02. The van der Waals surface area contributed by atoms with Crippen LogP contribution < -0.4 is 5.32 Å². The summed E-state index contributed by atoms with van der Waals surface area (Å²) in [5, 5.41) is 2.93. The fourth-order valence-corrected chi connectivity index (χ4v) is 2.79. The van der Waals surface area contributed by atoms with Crippen LogP contribution in [0.2, 0.25) is 0 Å². The molecule has 0 aliphatic carbocycles. The maximum Gasteiger partial charge on any atom is 0.261 e. The quantitative estimate of drug-likeness (QED) is 0.805. The van der Waals surface area contributed by atoms with Crippen molar-refractivity contribution in [3.05, 3.63) is 64.5 Å². The lowest BCUT2D eigenvalue weighted by atomic mass is 10.2. The van der Waals surface area contributed by atoms with Crippen molar-refractivity contribution in [1.82, 2.24) is 19.9 Å². The Kier molecular flexibility index (Phi) is 3.79. The van der Waals surface area contributed by atoms with Crippen molar-refractivity contribution in [2.24, 2.45) is 0 Å². The molecule has 106 valence electrons. The number of hydrogen-bond donors (Lipinski definition) is 1. The van der Waals surface area contributed by atoms with Gasteiger partial charge in [-0.3, -0.25) is 9.36 Å². The van der Waals surface area contributed by atoms with Crippen LogP contribution >= 0.6 is 11.3 Å². The Bertz CT molecular complexity index is 749. The minimum atomic E-state index is -0.0615. The van der Waals surface area contributed by atoms with Crippen LogP contribution in [0.25, 0.3) is 5.82 Å². The molecule has 0 spiro atoms. The number of hydrogen-bond acceptors (Lipinski definition) is 4. The summed E-state index contributed by atoms with van der Waals surface area (Å²) in [6.07, 6.45) is 6.95. The van der Waals surface area contributed by atoms with Gasteiger partial charge in [0.05, 0.1) is 4.88 Å². The topological polar surface area (TPSA) is 59.8 Å². The number of aryl methyl sites for hydroxylation is 1. The number of imidazole rings is 1.